The van der Waals surface area contributed by atoms with Crippen LogP contribution in [0.3, 0.4) is 0 Å². The normalized spacial score (nSPS) is 16.8. The molecule has 0 spiro atoms. The Hall–Kier alpha value is -3.12. The zero-order valence-corrected chi connectivity index (χ0v) is 18.3. The average Bonchev–Trinajstić information content (AvgIpc) is 3.13. The summed E-state index contributed by atoms with van der Waals surface area (Å²) >= 11 is 0. The Balaban J connectivity index is 1.49. The van der Waals surface area contributed by atoms with Crippen LogP contribution in [0.5, 0.6) is 0 Å². The number of aromatic nitrogens is 1. The van der Waals surface area contributed by atoms with Crippen molar-refractivity contribution in [3.05, 3.63) is 64.6 Å². The van der Waals surface area contributed by atoms with E-state index in [1.807, 2.05) is 0 Å². The molecule has 1 aliphatic rings. The smallest absolute Gasteiger partial charge is 0.408 e. The van der Waals surface area contributed by atoms with E-state index in [1.54, 1.807) is 31.2 Å². The molecule has 12 heteroatoms. The molecule has 1 atom stereocenters. The molecule has 0 unspecified atom stereocenters. The maximum Gasteiger partial charge on any atom is 0.420 e. The van der Waals surface area contributed by atoms with Gasteiger partial charge in [-0.05, 0) is 37.3 Å². The molecule has 1 fully saturated rings. The number of carbonyl (C=O) groups is 1. The summed E-state index contributed by atoms with van der Waals surface area (Å²) < 4.78 is 72.1. The third-order valence-electron chi connectivity index (χ3n) is 5.61. The number of hydrogen-bond acceptors (Lipinski definition) is 5. The van der Waals surface area contributed by atoms with E-state index in [2.05, 4.69) is 0 Å². The molecule has 2 heterocycles. The third kappa shape index (κ3) is 4.27. The first kappa shape index (κ1) is 23.1. The van der Waals surface area contributed by atoms with Gasteiger partial charge in [-0.15, -0.1) is 0 Å². The second-order valence-electron chi connectivity index (χ2n) is 7.64. The molecule has 0 saturated carbocycles. The van der Waals surface area contributed by atoms with Gasteiger partial charge in [-0.3, -0.25) is 9.36 Å². The lowest BCUT2D eigenvalue weighted by Gasteiger charge is -2.35. The number of para-hydroxylation sites is 2. The van der Waals surface area contributed by atoms with Gasteiger partial charge >= 0.3 is 11.9 Å². The van der Waals surface area contributed by atoms with Gasteiger partial charge in [0.05, 0.1) is 16.0 Å². The van der Waals surface area contributed by atoms with Crippen LogP contribution in [-0.2, 0) is 21.0 Å². The number of halogens is 3. The van der Waals surface area contributed by atoms with Crippen LogP contribution in [0.25, 0.3) is 11.1 Å². The summed E-state index contributed by atoms with van der Waals surface area (Å²) in [6.45, 7) is 1.45. The molecule has 2 aromatic carbocycles. The van der Waals surface area contributed by atoms with Crippen LogP contribution in [0.15, 0.2) is 62.6 Å². The minimum atomic E-state index is -4.66. The van der Waals surface area contributed by atoms with Crippen molar-refractivity contribution in [2.75, 3.05) is 26.2 Å². The number of amides is 1. The number of oxazole rings is 1. The summed E-state index contributed by atoms with van der Waals surface area (Å²) in [5.74, 6) is -1.07. The Morgan fingerprint density at radius 3 is 2.36 bits per heavy atom. The molecule has 1 aliphatic heterocycles. The maximum atomic E-state index is 13.0. The molecule has 0 radical (unpaired) electrons. The van der Waals surface area contributed by atoms with E-state index in [9.17, 15) is 31.2 Å². The van der Waals surface area contributed by atoms with Crippen LogP contribution in [0.4, 0.5) is 13.2 Å². The highest BCUT2D eigenvalue weighted by atomic mass is 32.2. The number of piperazine rings is 1. The van der Waals surface area contributed by atoms with Gasteiger partial charge in [-0.2, -0.15) is 17.5 Å². The molecule has 0 bridgehead atoms. The van der Waals surface area contributed by atoms with Gasteiger partial charge < -0.3 is 9.32 Å². The zero-order valence-electron chi connectivity index (χ0n) is 17.4. The van der Waals surface area contributed by atoms with Gasteiger partial charge in [0, 0.05) is 26.2 Å². The largest absolute Gasteiger partial charge is 0.420 e. The van der Waals surface area contributed by atoms with E-state index in [-0.39, 0.29) is 32.1 Å². The summed E-state index contributed by atoms with van der Waals surface area (Å²) in [4.78, 5) is 26.2. The lowest BCUT2D eigenvalue weighted by molar-refractivity contribution is -0.138. The Morgan fingerprint density at radius 2 is 1.70 bits per heavy atom. The van der Waals surface area contributed by atoms with Crippen molar-refractivity contribution in [2.45, 2.75) is 24.0 Å². The predicted octanol–water partition coefficient (Wildman–Crippen LogP) is 2.71. The standard InChI is InChI=1S/C21H20F3N3O5S/c1-14(27-17-7-2-3-8-18(17)32-20(27)29)19(28)25-9-11-26(12-10-25)33(30,31)16-6-4-5-15(13-16)21(22,23)24/h2-8,13-14H,9-12H2,1H3/t14-/m0/s1. The fraction of sp³-hybridized carbons (Fsp3) is 0.333. The summed E-state index contributed by atoms with van der Waals surface area (Å²) in [6, 6.07) is 9.36. The lowest BCUT2D eigenvalue weighted by atomic mass is 10.2. The number of sulfonamides is 1. The van der Waals surface area contributed by atoms with Crippen molar-refractivity contribution in [3.63, 3.8) is 0 Å². The molecule has 0 aliphatic carbocycles. The average molecular weight is 483 g/mol. The van der Waals surface area contributed by atoms with Crippen molar-refractivity contribution < 1.29 is 30.8 Å². The van der Waals surface area contributed by atoms with E-state index in [0.717, 1.165) is 22.5 Å². The lowest BCUT2D eigenvalue weighted by Crippen LogP contribution is -2.52. The number of nitrogens with zero attached hydrogens (tertiary/aromatic N) is 3. The Bertz CT molecular complexity index is 1360. The summed E-state index contributed by atoms with van der Waals surface area (Å²) in [6.07, 6.45) is -4.66. The van der Waals surface area contributed by atoms with Crippen molar-refractivity contribution in [1.29, 1.82) is 0 Å². The van der Waals surface area contributed by atoms with E-state index >= 15 is 0 Å². The molecular formula is C21H20F3N3O5S. The number of fused-ring (bicyclic) bond motifs is 1. The first-order chi connectivity index (χ1) is 15.5. The Morgan fingerprint density at radius 1 is 1.03 bits per heavy atom. The monoisotopic (exact) mass is 483 g/mol. The van der Waals surface area contributed by atoms with Crippen molar-refractivity contribution >= 4 is 27.0 Å². The minimum Gasteiger partial charge on any atom is -0.408 e. The van der Waals surface area contributed by atoms with E-state index in [1.165, 1.54) is 9.47 Å². The topological polar surface area (TPSA) is 92.8 Å². The number of rotatable bonds is 4. The van der Waals surface area contributed by atoms with E-state index < -0.39 is 38.5 Å². The van der Waals surface area contributed by atoms with Crippen molar-refractivity contribution in [2.24, 2.45) is 0 Å². The van der Waals surface area contributed by atoms with Crippen molar-refractivity contribution in [1.82, 2.24) is 13.8 Å². The van der Waals surface area contributed by atoms with Crippen LogP contribution in [-0.4, -0.2) is 54.3 Å². The summed E-state index contributed by atoms with van der Waals surface area (Å²) in [5.41, 5.74) is -0.239. The van der Waals surface area contributed by atoms with Crippen molar-refractivity contribution in [3.8, 4) is 0 Å². The molecule has 3 aromatic rings. The third-order valence-corrected chi connectivity index (χ3v) is 7.51. The Labute approximate surface area is 186 Å². The highest BCUT2D eigenvalue weighted by molar-refractivity contribution is 7.89. The van der Waals surface area contributed by atoms with Gasteiger partial charge in [0.15, 0.2) is 5.58 Å². The molecular weight excluding hydrogens is 463 g/mol. The molecule has 176 valence electrons. The van der Waals surface area contributed by atoms with E-state index in [0.29, 0.717) is 17.2 Å². The SMILES string of the molecule is C[C@@H](C(=O)N1CCN(S(=O)(=O)c2cccc(C(F)(F)F)c2)CC1)n1c(=O)oc2ccccc21. The highest BCUT2D eigenvalue weighted by Crippen LogP contribution is 2.31. The zero-order chi connectivity index (χ0) is 24.0. The van der Waals surface area contributed by atoms with Crippen LogP contribution in [0.2, 0.25) is 0 Å². The highest BCUT2D eigenvalue weighted by Gasteiger charge is 2.35. The molecule has 1 aromatic heterocycles. The number of benzene rings is 2. The van der Waals surface area contributed by atoms with Gasteiger partial charge in [0.2, 0.25) is 15.9 Å². The maximum absolute atomic E-state index is 13.0. The van der Waals surface area contributed by atoms with Gasteiger partial charge in [-0.1, -0.05) is 18.2 Å². The fourth-order valence-electron chi connectivity index (χ4n) is 3.86. The molecule has 33 heavy (non-hydrogen) atoms. The minimum absolute atomic E-state index is 0.0336. The quantitative estimate of drug-likeness (QED) is 0.569. The number of carbonyl (C=O) groups excluding carboxylic acids is 1. The van der Waals surface area contributed by atoms with Gasteiger partial charge in [0.25, 0.3) is 0 Å². The molecule has 4 rings (SSSR count). The van der Waals surface area contributed by atoms with Crippen LogP contribution in [0.1, 0.15) is 18.5 Å². The number of alkyl halides is 3. The summed E-state index contributed by atoms with van der Waals surface area (Å²) in [5, 5.41) is 0. The first-order valence-electron chi connectivity index (χ1n) is 10.1. The second-order valence-corrected chi connectivity index (χ2v) is 9.57. The predicted molar refractivity (Wildman–Crippen MR) is 112 cm³/mol. The Kier molecular flexibility index (Phi) is 5.83. The molecule has 1 amide bonds. The molecule has 8 nitrogen and oxygen atoms in total. The molecule has 0 N–H and O–H groups in total. The van der Waals surface area contributed by atoms with E-state index in [4.69, 9.17) is 4.42 Å². The molecule has 1 saturated heterocycles. The van der Waals surface area contributed by atoms with Crippen LogP contribution < -0.4 is 5.76 Å². The van der Waals surface area contributed by atoms with Crippen LogP contribution in [0, 0.1) is 0 Å². The summed E-state index contributed by atoms with van der Waals surface area (Å²) in [7, 11) is -4.17. The van der Waals surface area contributed by atoms with Crippen LogP contribution >= 0.6 is 0 Å². The first-order valence-corrected chi connectivity index (χ1v) is 11.5. The van der Waals surface area contributed by atoms with Gasteiger partial charge in [0.1, 0.15) is 6.04 Å². The fourth-order valence-corrected chi connectivity index (χ4v) is 5.32. The van der Waals surface area contributed by atoms with Gasteiger partial charge in [-0.25, -0.2) is 13.2 Å². The number of hydrogen-bond donors (Lipinski definition) is 0. The second kappa shape index (κ2) is 8.34.